The molecule has 2 atom stereocenters. The van der Waals surface area contributed by atoms with E-state index in [0.29, 0.717) is 19.5 Å². The Labute approximate surface area is 119 Å². The number of carbonyl (C=O) groups excluding carboxylic acids is 2. The zero-order chi connectivity index (χ0) is 14.8. The number of likely N-dealkylation sites (tertiary alicyclic amines) is 1. The van der Waals surface area contributed by atoms with Crippen LogP contribution in [0, 0.1) is 5.92 Å². The van der Waals surface area contributed by atoms with Gasteiger partial charge in [-0.3, -0.25) is 9.59 Å². The molecule has 0 aromatic rings. The third-order valence-corrected chi connectivity index (χ3v) is 4.15. The predicted molar refractivity (Wildman–Crippen MR) is 72.3 cm³/mol. The van der Waals surface area contributed by atoms with Crippen molar-refractivity contribution < 1.29 is 24.6 Å². The molecule has 0 radical (unpaired) electrons. The summed E-state index contributed by atoms with van der Waals surface area (Å²) < 4.78 is 10.8. The number of nitrogens with zero attached hydrogens (tertiary/aromatic N) is 1. The highest BCUT2D eigenvalue weighted by molar-refractivity contribution is 6.47. The molecule has 5 N–H and O–H groups in total. The lowest BCUT2D eigenvalue weighted by molar-refractivity contribution is -0.357. The summed E-state index contributed by atoms with van der Waals surface area (Å²) in [7, 11) is -0.522. The maximum Gasteiger partial charge on any atom is 0.527 e. The maximum atomic E-state index is 12.3. The second-order valence-electron chi connectivity index (χ2n) is 5.48. The van der Waals surface area contributed by atoms with Gasteiger partial charge in [-0.15, -0.1) is 0 Å². The van der Waals surface area contributed by atoms with Crippen molar-refractivity contribution >= 4 is 19.0 Å². The molecule has 2 fully saturated rings. The van der Waals surface area contributed by atoms with E-state index < -0.39 is 18.6 Å². The molecule has 8 heteroatoms. The Morgan fingerprint density at radius 2 is 2.45 bits per heavy atom. The second kappa shape index (κ2) is 6.11. The van der Waals surface area contributed by atoms with Crippen molar-refractivity contribution in [2.45, 2.75) is 31.6 Å². The average molecular weight is 284 g/mol. The van der Waals surface area contributed by atoms with Gasteiger partial charge in [-0.1, -0.05) is 6.42 Å². The summed E-state index contributed by atoms with van der Waals surface area (Å²) >= 11 is 0. The van der Waals surface area contributed by atoms with Crippen molar-refractivity contribution in [1.29, 1.82) is 0 Å². The lowest BCUT2D eigenvalue weighted by atomic mass is 9.74. The smallest absolute Gasteiger partial charge is 0.508 e. The Morgan fingerprint density at radius 1 is 1.70 bits per heavy atom. The first kappa shape index (κ1) is 15.3. The Morgan fingerprint density at radius 3 is 3.10 bits per heavy atom. The minimum absolute atomic E-state index is 0.0481. The lowest BCUT2D eigenvalue weighted by Crippen LogP contribution is -2.60. The minimum Gasteiger partial charge on any atom is -0.508 e. The number of hydrogen-bond acceptors (Lipinski definition) is 5. The number of rotatable bonds is 3. The van der Waals surface area contributed by atoms with Gasteiger partial charge in [0.2, 0.25) is 0 Å². The fraction of sp³-hybridized carbons (Fsp3) is 0.833. The number of hydrogen-bond donors (Lipinski definition) is 2. The van der Waals surface area contributed by atoms with Crippen molar-refractivity contribution in [2.75, 3.05) is 26.2 Å². The Balaban J connectivity index is 2.12. The highest BCUT2D eigenvalue weighted by Gasteiger charge is 2.53. The fourth-order valence-corrected chi connectivity index (χ4v) is 2.99. The third kappa shape index (κ3) is 2.82. The summed E-state index contributed by atoms with van der Waals surface area (Å²) in [6.07, 6.45) is 2.35. The van der Waals surface area contributed by atoms with Gasteiger partial charge in [0.05, 0.1) is 0 Å². The molecule has 2 aliphatic rings. The maximum absolute atomic E-state index is 12.3. The van der Waals surface area contributed by atoms with Crippen molar-refractivity contribution in [3.8, 4) is 0 Å². The van der Waals surface area contributed by atoms with Crippen molar-refractivity contribution in [3.05, 3.63) is 0 Å². The highest BCUT2D eigenvalue weighted by atomic mass is 16.6. The molecule has 20 heavy (non-hydrogen) atoms. The zero-order valence-corrected chi connectivity index (χ0v) is 12.0. The Bertz CT molecular complexity index is 395. The molecule has 2 saturated heterocycles. The van der Waals surface area contributed by atoms with Gasteiger partial charge in [0.15, 0.2) is 6.54 Å². The summed E-state index contributed by atoms with van der Waals surface area (Å²) in [6, 6.07) is 0. The van der Waals surface area contributed by atoms with Crippen molar-refractivity contribution in [3.63, 3.8) is 0 Å². The topological polar surface area (TPSA) is 110 Å². The molecular weight excluding hydrogens is 261 g/mol. The molecule has 0 aromatic heterocycles. The van der Waals surface area contributed by atoms with Gasteiger partial charge in [0.1, 0.15) is 5.54 Å². The second-order valence-corrected chi connectivity index (χ2v) is 5.48. The third-order valence-electron chi connectivity index (χ3n) is 4.15. The van der Waals surface area contributed by atoms with Crippen molar-refractivity contribution in [2.24, 2.45) is 11.7 Å². The van der Waals surface area contributed by atoms with E-state index in [-0.39, 0.29) is 24.9 Å². The molecule has 7 nitrogen and oxygen atoms in total. The number of carbonyl (C=O) groups is 2. The van der Waals surface area contributed by atoms with Crippen LogP contribution in [0.3, 0.4) is 0 Å². The number of fused-ring (bicyclic) bond motifs is 1. The highest BCUT2D eigenvalue weighted by Crippen LogP contribution is 2.33. The van der Waals surface area contributed by atoms with Crippen LogP contribution in [0.1, 0.15) is 19.8 Å². The van der Waals surface area contributed by atoms with E-state index in [1.807, 2.05) is 6.92 Å². The first-order valence-electron chi connectivity index (χ1n) is 7.19. The molecule has 2 rings (SSSR count). The van der Waals surface area contributed by atoms with Gasteiger partial charge in [-0.05, 0) is 19.7 Å². The number of nitrogens with two attached hydrogens (primary N) is 1. The molecule has 0 saturated carbocycles. The molecule has 2 aliphatic heterocycles. The van der Waals surface area contributed by atoms with Crippen LogP contribution in [0.4, 0.5) is 0 Å². The predicted octanol–water partition coefficient (Wildman–Crippen LogP) is -1.75. The van der Waals surface area contributed by atoms with Crippen LogP contribution < -0.4 is 11.5 Å². The van der Waals surface area contributed by atoms with Gasteiger partial charge < -0.3 is 25.7 Å². The van der Waals surface area contributed by atoms with E-state index in [0.717, 1.165) is 12.8 Å². The van der Waals surface area contributed by atoms with E-state index in [1.165, 1.54) is 0 Å². The van der Waals surface area contributed by atoms with Crippen LogP contribution in [0.2, 0.25) is 6.32 Å². The Hall–Kier alpha value is -1.12. The molecule has 0 spiro atoms. The average Bonchev–Trinajstić information content (AvgIpc) is 2.75. The monoisotopic (exact) mass is 284 g/mol. The first-order valence-corrected chi connectivity index (χ1v) is 7.19. The quantitative estimate of drug-likeness (QED) is 0.597. The summed E-state index contributed by atoms with van der Waals surface area (Å²) in [5.74, 6) is -0.580. The summed E-state index contributed by atoms with van der Waals surface area (Å²) in [4.78, 5) is 25.7. The van der Waals surface area contributed by atoms with Crippen LogP contribution in [-0.2, 0) is 18.9 Å². The van der Waals surface area contributed by atoms with Gasteiger partial charge in [0, 0.05) is 25.6 Å². The molecule has 0 aromatic carbocycles. The minimum atomic E-state index is -1.11. The zero-order valence-electron chi connectivity index (χ0n) is 12.0. The summed E-state index contributed by atoms with van der Waals surface area (Å²) in [6.45, 7) is 3.26. The largest absolute Gasteiger partial charge is 0.527 e. The molecule has 0 aliphatic carbocycles. The Kier molecular flexibility index (Phi) is 4.67. The van der Waals surface area contributed by atoms with E-state index in [1.54, 1.807) is 4.90 Å². The van der Waals surface area contributed by atoms with E-state index in [9.17, 15) is 9.59 Å². The van der Waals surface area contributed by atoms with Crippen LogP contribution in [0.5, 0.6) is 0 Å². The molecular formula is C12H23BN3O4+. The van der Waals surface area contributed by atoms with Crippen LogP contribution in [0.25, 0.3) is 0 Å². The van der Waals surface area contributed by atoms with E-state index in [4.69, 9.17) is 15.0 Å². The number of quaternary nitrogens is 1. The molecule has 0 bridgehead atoms. The van der Waals surface area contributed by atoms with E-state index >= 15 is 0 Å². The first-order chi connectivity index (χ1) is 9.51. The van der Waals surface area contributed by atoms with Crippen LogP contribution in [-0.4, -0.2) is 55.7 Å². The standard InChI is InChI=1S/C12H22BN3O4/c1-2-19-13-5-3-4-9-7-16(10(17)6-14)8-12(9,15)11(18)20-13/h9H,2-8,14-15H2,1H3/p+1. The fourth-order valence-electron chi connectivity index (χ4n) is 2.99. The van der Waals surface area contributed by atoms with Crippen LogP contribution in [0.15, 0.2) is 0 Å². The molecule has 2 unspecified atom stereocenters. The number of amides is 1. The van der Waals surface area contributed by atoms with E-state index in [2.05, 4.69) is 5.73 Å². The van der Waals surface area contributed by atoms with Gasteiger partial charge >= 0.3 is 13.1 Å². The summed E-state index contributed by atoms with van der Waals surface area (Å²) in [5.41, 5.74) is 8.76. The molecule has 112 valence electrons. The van der Waals surface area contributed by atoms with Crippen LogP contribution >= 0.6 is 0 Å². The van der Waals surface area contributed by atoms with Gasteiger partial charge in [-0.25, -0.2) is 0 Å². The van der Waals surface area contributed by atoms with Gasteiger partial charge in [-0.2, -0.15) is 0 Å². The normalized spacial score (nSPS) is 30.6. The molecule has 2 heterocycles. The lowest BCUT2D eigenvalue weighted by Gasteiger charge is -2.31. The SMILES string of the molecule is CCOB1CCCC2CN(C(=O)C[NH3+])CC2(N)C(=O)O1. The molecule has 1 amide bonds. The van der Waals surface area contributed by atoms with Crippen molar-refractivity contribution in [1.82, 2.24) is 4.90 Å². The van der Waals surface area contributed by atoms with Gasteiger partial charge in [0.25, 0.3) is 5.91 Å². The summed E-state index contributed by atoms with van der Waals surface area (Å²) in [5, 5.41) is 0.